The number of benzene rings is 1. The average molecular weight is 291 g/mol. The molecule has 0 spiro atoms. The number of sulfone groups is 1. The number of hydrogen-bond donors (Lipinski definition) is 0. The van der Waals surface area contributed by atoms with E-state index in [2.05, 4.69) is 15.9 Å². The van der Waals surface area contributed by atoms with Crippen LogP contribution in [0, 0.1) is 5.41 Å². The van der Waals surface area contributed by atoms with Gasteiger partial charge < -0.3 is 0 Å². The molecule has 4 heteroatoms. The molecule has 0 fully saturated rings. The maximum Gasteiger partial charge on any atom is 0.180 e. The van der Waals surface area contributed by atoms with Crippen LogP contribution in [0.4, 0.5) is 0 Å². The Balaban J connectivity index is 3.13. The second kappa shape index (κ2) is 4.26. The molecule has 1 rings (SSSR count). The third-order valence-corrected chi connectivity index (χ3v) is 5.02. The summed E-state index contributed by atoms with van der Waals surface area (Å²) in [5.41, 5.74) is -0.228. The lowest BCUT2D eigenvalue weighted by Crippen LogP contribution is -2.21. The third kappa shape index (κ3) is 3.61. The van der Waals surface area contributed by atoms with Crippen molar-refractivity contribution in [1.29, 1.82) is 0 Å². The van der Waals surface area contributed by atoms with Gasteiger partial charge in [-0.1, -0.05) is 32.9 Å². The van der Waals surface area contributed by atoms with Crippen LogP contribution >= 0.6 is 15.9 Å². The molecule has 0 aliphatic heterocycles. The van der Waals surface area contributed by atoms with E-state index in [0.717, 1.165) is 0 Å². The van der Waals surface area contributed by atoms with Crippen LogP contribution in [0.2, 0.25) is 0 Å². The zero-order chi connectivity index (χ0) is 11.7. The molecule has 2 nitrogen and oxygen atoms in total. The van der Waals surface area contributed by atoms with E-state index in [1.54, 1.807) is 24.3 Å². The molecule has 1 aromatic rings. The average Bonchev–Trinajstić information content (AvgIpc) is 1.99. The van der Waals surface area contributed by atoms with Crippen molar-refractivity contribution in [3.05, 3.63) is 28.7 Å². The second-order valence-corrected chi connectivity index (χ2v) is 7.56. The first kappa shape index (κ1) is 12.7. The van der Waals surface area contributed by atoms with E-state index < -0.39 is 9.84 Å². The van der Waals surface area contributed by atoms with E-state index in [0.29, 0.717) is 9.37 Å². The van der Waals surface area contributed by atoms with Crippen molar-refractivity contribution in [2.24, 2.45) is 5.41 Å². The first-order chi connectivity index (χ1) is 6.72. The minimum absolute atomic E-state index is 0.155. The van der Waals surface area contributed by atoms with Crippen molar-refractivity contribution in [2.75, 3.05) is 5.75 Å². The summed E-state index contributed by atoms with van der Waals surface area (Å²) in [5.74, 6) is 0.155. The minimum atomic E-state index is -3.20. The van der Waals surface area contributed by atoms with Gasteiger partial charge in [0, 0.05) is 4.47 Å². The molecule has 84 valence electrons. The summed E-state index contributed by atoms with van der Waals surface area (Å²) in [7, 11) is -3.20. The molecule has 0 heterocycles. The number of halogens is 1. The van der Waals surface area contributed by atoms with Gasteiger partial charge in [0.2, 0.25) is 0 Å². The summed E-state index contributed by atoms with van der Waals surface area (Å²) >= 11 is 3.26. The van der Waals surface area contributed by atoms with Gasteiger partial charge in [0.1, 0.15) is 0 Å². The zero-order valence-corrected chi connectivity index (χ0v) is 11.5. The maximum atomic E-state index is 12.0. The third-order valence-electron chi connectivity index (χ3n) is 1.79. The van der Waals surface area contributed by atoms with Crippen molar-refractivity contribution in [1.82, 2.24) is 0 Å². The fourth-order valence-corrected chi connectivity index (χ4v) is 4.32. The Morgan fingerprint density at radius 3 is 2.20 bits per heavy atom. The minimum Gasteiger partial charge on any atom is -0.224 e. The Kier molecular flexibility index (Phi) is 3.61. The molecule has 0 aliphatic rings. The smallest absolute Gasteiger partial charge is 0.180 e. The van der Waals surface area contributed by atoms with Crippen LogP contribution in [0.5, 0.6) is 0 Å². The van der Waals surface area contributed by atoms with E-state index in [4.69, 9.17) is 0 Å². The van der Waals surface area contributed by atoms with E-state index in [9.17, 15) is 8.42 Å². The summed E-state index contributed by atoms with van der Waals surface area (Å²) in [4.78, 5) is 0.375. The largest absolute Gasteiger partial charge is 0.224 e. The van der Waals surface area contributed by atoms with Crippen LogP contribution in [0.25, 0.3) is 0 Å². The highest BCUT2D eigenvalue weighted by Crippen LogP contribution is 2.27. The van der Waals surface area contributed by atoms with Crippen molar-refractivity contribution >= 4 is 25.8 Å². The highest BCUT2D eigenvalue weighted by Gasteiger charge is 2.24. The van der Waals surface area contributed by atoms with Crippen LogP contribution in [0.15, 0.2) is 33.6 Å². The van der Waals surface area contributed by atoms with Gasteiger partial charge >= 0.3 is 0 Å². The van der Waals surface area contributed by atoms with Gasteiger partial charge in [0.05, 0.1) is 10.6 Å². The molecule has 0 aliphatic carbocycles. The standard InChI is InChI=1S/C11H15BrO2S/c1-11(2,3)8-15(13,14)10-7-5-4-6-9(10)12/h4-7H,8H2,1-3H3. The molecule has 0 aromatic heterocycles. The number of hydrogen-bond acceptors (Lipinski definition) is 2. The van der Waals surface area contributed by atoms with Gasteiger partial charge in [-0.15, -0.1) is 0 Å². The van der Waals surface area contributed by atoms with Crippen molar-refractivity contribution in [2.45, 2.75) is 25.7 Å². The van der Waals surface area contributed by atoms with Gasteiger partial charge in [-0.25, -0.2) is 8.42 Å². The van der Waals surface area contributed by atoms with Crippen molar-refractivity contribution in [3.63, 3.8) is 0 Å². The molecule has 0 N–H and O–H groups in total. The molecule has 15 heavy (non-hydrogen) atoms. The molecule has 0 unspecified atom stereocenters. The Morgan fingerprint density at radius 2 is 1.73 bits per heavy atom. The molecule has 1 aromatic carbocycles. The maximum absolute atomic E-state index is 12.0. The normalized spacial score (nSPS) is 12.8. The van der Waals surface area contributed by atoms with Gasteiger partial charge in [0.25, 0.3) is 0 Å². The Bertz CT molecular complexity index is 444. The SMILES string of the molecule is CC(C)(C)CS(=O)(=O)c1ccccc1Br. The van der Waals surface area contributed by atoms with E-state index >= 15 is 0 Å². The lowest BCUT2D eigenvalue weighted by molar-refractivity contribution is 0.461. The molecular formula is C11H15BrO2S. The molecule has 0 saturated carbocycles. The summed E-state index contributed by atoms with van der Waals surface area (Å²) in [6.45, 7) is 5.75. The zero-order valence-electron chi connectivity index (χ0n) is 9.12. The quantitative estimate of drug-likeness (QED) is 0.838. The molecule has 0 radical (unpaired) electrons. The molecule has 0 amide bonds. The summed E-state index contributed by atoms with van der Waals surface area (Å²) in [5, 5.41) is 0. The van der Waals surface area contributed by atoms with Crippen molar-refractivity contribution < 1.29 is 8.42 Å². The van der Waals surface area contributed by atoms with Crippen LogP contribution in [-0.2, 0) is 9.84 Å². The molecule has 0 atom stereocenters. The molecular weight excluding hydrogens is 276 g/mol. The molecule has 0 saturated heterocycles. The van der Waals surface area contributed by atoms with Gasteiger partial charge in [-0.3, -0.25) is 0 Å². The van der Waals surface area contributed by atoms with Crippen LogP contribution in [0.1, 0.15) is 20.8 Å². The summed E-state index contributed by atoms with van der Waals surface area (Å²) < 4.78 is 24.7. The number of rotatable bonds is 2. The van der Waals surface area contributed by atoms with Gasteiger partial charge in [-0.2, -0.15) is 0 Å². The topological polar surface area (TPSA) is 34.1 Å². The predicted molar refractivity (Wildman–Crippen MR) is 65.6 cm³/mol. The fraction of sp³-hybridized carbons (Fsp3) is 0.455. The van der Waals surface area contributed by atoms with E-state index in [-0.39, 0.29) is 11.2 Å². The molecule has 0 bridgehead atoms. The first-order valence-electron chi connectivity index (χ1n) is 4.70. The van der Waals surface area contributed by atoms with Gasteiger partial charge in [0.15, 0.2) is 9.84 Å². The Morgan fingerprint density at radius 1 is 1.20 bits per heavy atom. The summed E-state index contributed by atoms with van der Waals surface area (Å²) in [6, 6.07) is 6.92. The fourth-order valence-electron chi connectivity index (χ4n) is 1.34. The predicted octanol–water partition coefficient (Wildman–Crippen LogP) is 3.27. The van der Waals surface area contributed by atoms with Crippen LogP contribution < -0.4 is 0 Å². The lowest BCUT2D eigenvalue weighted by Gasteiger charge is -2.18. The highest BCUT2D eigenvalue weighted by atomic mass is 79.9. The van der Waals surface area contributed by atoms with Crippen LogP contribution in [-0.4, -0.2) is 14.2 Å². The second-order valence-electron chi connectivity index (χ2n) is 4.75. The first-order valence-corrected chi connectivity index (χ1v) is 7.14. The highest BCUT2D eigenvalue weighted by molar-refractivity contribution is 9.10. The Labute approximate surface area is 99.7 Å². The Hall–Kier alpha value is -0.350. The lowest BCUT2D eigenvalue weighted by atomic mass is 10.0. The van der Waals surface area contributed by atoms with E-state index in [1.807, 2.05) is 20.8 Å². The monoisotopic (exact) mass is 290 g/mol. The summed E-state index contributed by atoms with van der Waals surface area (Å²) in [6.07, 6.45) is 0. The van der Waals surface area contributed by atoms with Crippen LogP contribution in [0.3, 0.4) is 0 Å². The van der Waals surface area contributed by atoms with Gasteiger partial charge in [-0.05, 0) is 33.5 Å². The van der Waals surface area contributed by atoms with E-state index in [1.165, 1.54) is 0 Å². The van der Waals surface area contributed by atoms with Crippen molar-refractivity contribution in [3.8, 4) is 0 Å².